The molecular weight excluding hydrogens is 331 g/mol. The lowest BCUT2D eigenvalue weighted by atomic mass is 9.78. The van der Waals surface area contributed by atoms with E-state index in [4.69, 9.17) is 4.74 Å². The Morgan fingerprint density at radius 1 is 1.23 bits per heavy atom. The van der Waals surface area contributed by atoms with Gasteiger partial charge in [0, 0.05) is 5.69 Å². The second kappa shape index (κ2) is 7.57. The number of rotatable bonds is 5. The number of anilines is 1. The van der Waals surface area contributed by atoms with Gasteiger partial charge in [-0.3, -0.25) is 4.79 Å². The lowest BCUT2D eigenvalue weighted by Gasteiger charge is -2.28. The zero-order chi connectivity index (χ0) is 18.6. The van der Waals surface area contributed by atoms with E-state index in [1.54, 1.807) is 30.3 Å². The van der Waals surface area contributed by atoms with Gasteiger partial charge in [-0.15, -0.1) is 0 Å². The van der Waals surface area contributed by atoms with Gasteiger partial charge in [-0.05, 0) is 55.7 Å². The van der Waals surface area contributed by atoms with Crippen LogP contribution in [0.1, 0.15) is 43.7 Å². The van der Waals surface area contributed by atoms with Crippen molar-refractivity contribution in [1.29, 1.82) is 5.26 Å². The average Bonchev–Trinajstić information content (AvgIpc) is 3.15. The quantitative estimate of drug-likeness (QED) is 0.859. The van der Waals surface area contributed by atoms with Crippen LogP contribution in [0.2, 0.25) is 0 Å². The molecule has 1 aliphatic carbocycles. The van der Waals surface area contributed by atoms with Crippen LogP contribution in [0.5, 0.6) is 5.75 Å². The number of benzene rings is 2. The van der Waals surface area contributed by atoms with Crippen molar-refractivity contribution in [2.45, 2.75) is 38.0 Å². The molecule has 0 atom stereocenters. The predicted molar refractivity (Wildman–Crippen MR) is 97.5 cm³/mol. The number of nitrogens with zero attached hydrogens (tertiary/aromatic N) is 1. The van der Waals surface area contributed by atoms with Gasteiger partial charge >= 0.3 is 0 Å². The third kappa shape index (κ3) is 3.41. The number of nitrogens with one attached hydrogen (secondary N) is 1. The van der Waals surface area contributed by atoms with Gasteiger partial charge in [-0.25, -0.2) is 4.39 Å². The highest BCUT2D eigenvalue weighted by molar-refractivity contribution is 5.99. The normalized spacial score (nSPS) is 15.3. The number of nitriles is 1. The van der Waals surface area contributed by atoms with E-state index < -0.39 is 5.41 Å². The lowest BCUT2D eigenvalue weighted by Crippen LogP contribution is -2.38. The predicted octanol–water partition coefficient (Wildman–Crippen LogP) is 4.55. The van der Waals surface area contributed by atoms with Crippen molar-refractivity contribution in [2.24, 2.45) is 0 Å². The molecule has 0 aromatic heterocycles. The number of amides is 1. The molecule has 4 nitrogen and oxygen atoms in total. The molecule has 1 saturated carbocycles. The van der Waals surface area contributed by atoms with Gasteiger partial charge in [0.2, 0.25) is 5.91 Å². The Kier molecular flexibility index (Phi) is 5.22. The summed E-state index contributed by atoms with van der Waals surface area (Å²) in [5, 5.41) is 12.2. The fourth-order valence-electron chi connectivity index (χ4n) is 3.62. The third-order valence-corrected chi connectivity index (χ3v) is 4.95. The first-order chi connectivity index (χ1) is 12.6. The van der Waals surface area contributed by atoms with Crippen LogP contribution in [0.3, 0.4) is 0 Å². The van der Waals surface area contributed by atoms with Crippen molar-refractivity contribution in [3.63, 3.8) is 0 Å². The number of ether oxygens (including phenoxy) is 1. The summed E-state index contributed by atoms with van der Waals surface area (Å²) in [7, 11) is 0. The van der Waals surface area contributed by atoms with E-state index in [9.17, 15) is 14.4 Å². The Balaban J connectivity index is 1.87. The summed E-state index contributed by atoms with van der Waals surface area (Å²) >= 11 is 0. The molecule has 0 saturated heterocycles. The van der Waals surface area contributed by atoms with Gasteiger partial charge in [0.15, 0.2) is 0 Å². The summed E-state index contributed by atoms with van der Waals surface area (Å²) < 4.78 is 18.7. The fourth-order valence-corrected chi connectivity index (χ4v) is 3.62. The van der Waals surface area contributed by atoms with Crippen molar-refractivity contribution in [3.05, 3.63) is 59.4 Å². The van der Waals surface area contributed by atoms with Crippen molar-refractivity contribution >= 4 is 11.6 Å². The first-order valence-corrected chi connectivity index (χ1v) is 8.83. The van der Waals surface area contributed by atoms with Crippen LogP contribution in [0.4, 0.5) is 10.1 Å². The molecule has 1 amide bonds. The number of carbonyl (C=O) groups is 1. The van der Waals surface area contributed by atoms with Crippen LogP contribution in [0.25, 0.3) is 0 Å². The van der Waals surface area contributed by atoms with Gasteiger partial charge in [-0.2, -0.15) is 5.26 Å². The molecule has 26 heavy (non-hydrogen) atoms. The van der Waals surface area contributed by atoms with E-state index in [0.717, 1.165) is 31.2 Å². The molecule has 3 rings (SSSR count). The summed E-state index contributed by atoms with van der Waals surface area (Å²) in [5.74, 6) is 0.0734. The summed E-state index contributed by atoms with van der Waals surface area (Å²) in [4.78, 5) is 13.1. The van der Waals surface area contributed by atoms with Crippen molar-refractivity contribution < 1.29 is 13.9 Å². The highest BCUT2D eigenvalue weighted by Crippen LogP contribution is 2.42. The van der Waals surface area contributed by atoms with E-state index in [1.165, 1.54) is 12.1 Å². The van der Waals surface area contributed by atoms with Gasteiger partial charge in [0.05, 0.1) is 17.6 Å². The molecule has 0 radical (unpaired) electrons. The van der Waals surface area contributed by atoms with Crippen molar-refractivity contribution in [1.82, 2.24) is 0 Å². The minimum atomic E-state index is -0.654. The molecule has 2 aromatic rings. The maximum Gasteiger partial charge on any atom is 0.235 e. The van der Waals surface area contributed by atoms with Crippen LogP contribution in [0, 0.1) is 17.1 Å². The molecule has 5 heteroatoms. The Bertz CT molecular complexity index is 834. The first-order valence-electron chi connectivity index (χ1n) is 8.83. The van der Waals surface area contributed by atoms with Crippen LogP contribution in [-0.2, 0) is 10.2 Å². The van der Waals surface area contributed by atoms with E-state index in [-0.39, 0.29) is 11.7 Å². The van der Waals surface area contributed by atoms with E-state index in [0.29, 0.717) is 23.6 Å². The van der Waals surface area contributed by atoms with Crippen molar-refractivity contribution in [2.75, 3.05) is 11.9 Å². The molecule has 1 fully saturated rings. The fraction of sp³-hybridized carbons (Fsp3) is 0.333. The minimum absolute atomic E-state index is 0.116. The van der Waals surface area contributed by atoms with Crippen LogP contribution in [-0.4, -0.2) is 12.5 Å². The molecule has 134 valence electrons. The summed E-state index contributed by atoms with van der Waals surface area (Å²) in [6.07, 6.45) is 3.37. The van der Waals surface area contributed by atoms with E-state index in [2.05, 4.69) is 11.4 Å². The topological polar surface area (TPSA) is 62.1 Å². The van der Waals surface area contributed by atoms with Gasteiger partial charge < -0.3 is 10.1 Å². The highest BCUT2D eigenvalue weighted by Gasteiger charge is 2.42. The summed E-state index contributed by atoms with van der Waals surface area (Å²) in [6, 6.07) is 13.3. The smallest absolute Gasteiger partial charge is 0.235 e. The van der Waals surface area contributed by atoms with Gasteiger partial charge in [-0.1, -0.05) is 25.0 Å². The molecule has 1 aliphatic rings. The van der Waals surface area contributed by atoms with Crippen LogP contribution in [0.15, 0.2) is 42.5 Å². The summed E-state index contributed by atoms with van der Waals surface area (Å²) in [5.41, 5.74) is 1.12. The Morgan fingerprint density at radius 3 is 2.54 bits per heavy atom. The van der Waals surface area contributed by atoms with Crippen LogP contribution >= 0.6 is 0 Å². The number of carbonyl (C=O) groups excluding carboxylic acids is 1. The standard InChI is InChI=1S/C21H21FN2O2/c1-2-26-19-10-9-18(13-15(19)14-23)24-20(25)21(11-3-4-12-21)16-5-7-17(22)8-6-16/h5-10,13H,2-4,11-12H2,1H3,(H,24,25). The highest BCUT2D eigenvalue weighted by atomic mass is 19.1. The van der Waals surface area contributed by atoms with Gasteiger partial charge in [0.1, 0.15) is 17.6 Å². The van der Waals surface area contributed by atoms with Crippen LogP contribution < -0.4 is 10.1 Å². The van der Waals surface area contributed by atoms with Crippen molar-refractivity contribution in [3.8, 4) is 11.8 Å². The Labute approximate surface area is 152 Å². The second-order valence-electron chi connectivity index (χ2n) is 6.51. The lowest BCUT2D eigenvalue weighted by molar-refractivity contribution is -0.121. The zero-order valence-electron chi connectivity index (χ0n) is 14.7. The third-order valence-electron chi connectivity index (χ3n) is 4.95. The number of halogens is 1. The molecule has 0 unspecified atom stereocenters. The van der Waals surface area contributed by atoms with E-state index in [1.807, 2.05) is 6.92 Å². The number of hydrogen-bond acceptors (Lipinski definition) is 3. The summed E-state index contributed by atoms with van der Waals surface area (Å²) in [6.45, 7) is 2.32. The Morgan fingerprint density at radius 2 is 1.92 bits per heavy atom. The maximum absolute atomic E-state index is 13.3. The molecule has 0 spiro atoms. The van der Waals surface area contributed by atoms with Gasteiger partial charge in [0.25, 0.3) is 0 Å². The molecule has 0 bridgehead atoms. The Hall–Kier alpha value is -2.87. The zero-order valence-corrected chi connectivity index (χ0v) is 14.7. The minimum Gasteiger partial charge on any atom is -0.492 e. The van der Waals surface area contributed by atoms with E-state index >= 15 is 0 Å². The molecule has 2 aromatic carbocycles. The first kappa shape index (κ1) is 17.9. The largest absolute Gasteiger partial charge is 0.492 e. The molecule has 0 heterocycles. The molecular formula is C21H21FN2O2. The molecule has 1 N–H and O–H groups in total. The maximum atomic E-state index is 13.3. The molecule has 0 aliphatic heterocycles. The SMILES string of the molecule is CCOc1ccc(NC(=O)C2(c3ccc(F)cc3)CCCC2)cc1C#N. The average molecular weight is 352 g/mol. The monoisotopic (exact) mass is 352 g/mol. The second-order valence-corrected chi connectivity index (χ2v) is 6.51. The number of hydrogen-bond donors (Lipinski definition) is 1.